The van der Waals surface area contributed by atoms with Crippen molar-refractivity contribution in [1.29, 1.82) is 0 Å². The molecule has 0 radical (unpaired) electrons. The lowest BCUT2D eigenvalue weighted by Crippen LogP contribution is -2.08. The minimum atomic E-state index is -0.403. The standard InChI is InChI=1S/C15H22O3/c1-11-10-13(17-2)5-7-14(11)15(16)8-6-12-4-3-9-18-12/h5,7,10,12,15-16H,3-4,6,8-9H2,1-2H3. The molecule has 1 fully saturated rings. The number of aryl methyl sites for hydroxylation is 1. The molecule has 0 aliphatic carbocycles. The Balaban J connectivity index is 1.93. The van der Waals surface area contributed by atoms with Gasteiger partial charge in [-0.3, -0.25) is 0 Å². The summed E-state index contributed by atoms with van der Waals surface area (Å²) in [5.41, 5.74) is 2.07. The zero-order chi connectivity index (χ0) is 13.0. The van der Waals surface area contributed by atoms with E-state index in [-0.39, 0.29) is 0 Å². The molecule has 18 heavy (non-hydrogen) atoms. The van der Waals surface area contributed by atoms with Crippen molar-refractivity contribution in [2.45, 2.75) is 44.8 Å². The van der Waals surface area contributed by atoms with Crippen LogP contribution in [-0.4, -0.2) is 24.9 Å². The Labute approximate surface area is 109 Å². The van der Waals surface area contributed by atoms with Crippen molar-refractivity contribution in [3.05, 3.63) is 29.3 Å². The topological polar surface area (TPSA) is 38.7 Å². The van der Waals surface area contributed by atoms with E-state index in [0.29, 0.717) is 6.10 Å². The van der Waals surface area contributed by atoms with Crippen molar-refractivity contribution in [2.75, 3.05) is 13.7 Å². The molecule has 3 nitrogen and oxygen atoms in total. The number of methoxy groups -OCH3 is 1. The molecule has 1 aliphatic rings. The van der Waals surface area contributed by atoms with Gasteiger partial charge in [-0.25, -0.2) is 0 Å². The van der Waals surface area contributed by atoms with Crippen LogP contribution >= 0.6 is 0 Å². The third kappa shape index (κ3) is 3.24. The normalized spacial score (nSPS) is 20.9. The first kappa shape index (κ1) is 13.4. The predicted octanol–water partition coefficient (Wildman–Crippen LogP) is 3.00. The highest BCUT2D eigenvalue weighted by Crippen LogP contribution is 2.27. The molecule has 1 N–H and O–H groups in total. The molecule has 1 saturated heterocycles. The van der Waals surface area contributed by atoms with Gasteiger partial charge in [0.25, 0.3) is 0 Å². The molecule has 100 valence electrons. The summed E-state index contributed by atoms with van der Waals surface area (Å²) in [5, 5.41) is 10.2. The van der Waals surface area contributed by atoms with Crippen molar-refractivity contribution in [3.8, 4) is 5.75 Å². The van der Waals surface area contributed by atoms with E-state index in [1.54, 1.807) is 7.11 Å². The lowest BCUT2D eigenvalue weighted by atomic mass is 9.98. The number of ether oxygens (including phenoxy) is 2. The molecule has 2 rings (SSSR count). The molecule has 1 aromatic rings. The highest BCUT2D eigenvalue weighted by atomic mass is 16.5. The average Bonchev–Trinajstić information content (AvgIpc) is 2.88. The van der Waals surface area contributed by atoms with Gasteiger partial charge in [-0.1, -0.05) is 6.07 Å². The van der Waals surface area contributed by atoms with Gasteiger partial charge in [0, 0.05) is 6.61 Å². The first-order valence-corrected chi connectivity index (χ1v) is 6.65. The molecule has 0 spiro atoms. The highest BCUT2D eigenvalue weighted by molar-refractivity contribution is 5.35. The lowest BCUT2D eigenvalue weighted by Gasteiger charge is -2.16. The average molecular weight is 250 g/mol. The summed E-state index contributed by atoms with van der Waals surface area (Å²) in [6, 6.07) is 5.82. The smallest absolute Gasteiger partial charge is 0.119 e. The van der Waals surface area contributed by atoms with Crippen LogP contribution in [0.1, 0.15) is 42.9 Å². The Morgan fingerprint density at radius 3 is 2.94 bits per heavy atom. The Hall–Kier alpha value is -1.06. The summed E-state index contributed by atoms with van der Waals surface area (Å²) < 4.78 is 10.7. The molecule has 2 atom stereocenters. The van der Waals surface area contributed by atoms with Gasteiger partial charge in [0.1, 0.15) is 5.75 Å². The molecular weight excluding hydrogens is 228 g/mol. The minimum absolute atomic E-state index is 0.346. The van der Waals surface area contributed by atoms with Crippen molar-refractivity contribution >= 4 is 0 Å². The van der Waals surface area contributed by atoms with E-state index in [2.05, 4.69) is 0 Å². The summed E-state index contributed by atoms with van der Waals surface area (Å²) in [6.07, 6.45) is 3.93. The highest BCUT2D eigenvalue weighted by Gasteiger charge is 2.18. The first-order valence-electron chi connectivity index (χ1n) is 6.65. The van der Waals surface area contributed by atoms with Gasteiger partial charge in [0.2, 0.25) is 0 Å². The summed E-state index contributed by atoms with van der Waals surface area (Å²) in [6.45, 7) is 2.88. The van der Waals surface area contributed by atoms with Gasteiger partial charge >= 0.3 is 0 Å². The van der Waals surface area contributed by atoms with Crippen LogP contribution in [0, 0.1) is 6.92 Å². The van der Waals surface area contributed by atoms with E-state index < -0.39 is 6.10 Å². The van der Waals surface area contributed by atoms with Gasteiger partial charge in [-0.2, -0.15) is 0 Å². The number of aliphatic hydroxyl groups excluding tert-OH is 1. The number of rotatable bonds is 5. The summed E-state index contributed by atoms with van der Waals surface area (Å²) >= 11 is 0. The third-order valence-electron chi connectivity index (χ3n) is 3.62. The summed E-state index contributed by atoms with van der Waals surface area (Å²) in [4.78, 5) is 0. The van der Waals surface area contributed by atoms with Crippen LogP contribution in [0.2, 0.25) is 0 Å². The zero-order valence-corrected chi connectivity index (χ0v) is 11.2. The molecule has 3 heteroatoms. The monoisotopic (exact) mass is 250 g/mol. The van der Waals surface area contributed by atoms with E-state index in [4.69, 9.17) is 9.47 Å². The largest absolute Gasteiger partial charge is 0.497 e. The SMILES string of the molecule is COc1ccc(C(O)CCC2CCCO2)c(C)c1. The molecule has 1 heterocycles. The maximum Gasteiger partial charge on any atom is 0.119 e. The molecule has 0 amide bonds. The molecule has 1 aromatic carbocycles. The number of benzene rings is 1. The van der Waals surface area contributed by atoms with E-state index in [9.17, 15) is 5.11 Å². The van der Waals surface area contributed by atoms with Crippen molar-refractivity contribution < 1.29 is 14.6 Å². The van der Waals surface area contributed by atoms with E-state index in [0.717, 1.165) is 49.2 Å². The Morgan fingerprint density at radius 1 is 1.50 bits per heavy atom. The van der Waals surface area contributed by atoms with Crippen LogP contribution < -0.4 is 4.74 Å². The van der Waals surface area contributed by atoms with Crippen molar-refractivity contribution in [3.63, 3.8) is 0 Å². The molecule has 0 aromatic heterocycles. The second kappa shape index (κ2) is 6.21. The van der Waals surface area contributed by atoms with Gasteiger partial charge < -0.3 is 14.6 Å². The predicted molar refractivity (Wildman–Crippen MR) is 70.9 cm³/mol. The van der Waals surface area contributed by atoms with E-state index in [1.807, 2.05) is 25.1 Å². The van der Waals surface area contributed by atoms with Crippen molar-refractivity contribution in [1.82, 2.24) is 0 Å². The second-order valence-corrected chi connectivity index (χ2v) is 4.95. The fourth-order valence-corrected chi connectivity index (χ4v) is 2.52. The number of hydrogen-bond acceptors (Lipinski definition) is 3. The Kier molecular flexibility index (Phi) is 4.61. The maximum atomic E-state index is 10.2. The number of hydrogen-bond donors (Lipinski definition) is 1. The second-order valence-electron chi connectivity index (χ2n) is 4.95. The molecule has 1 aliphatic heterocycles. The number of aliphatic hydroxyl groups is 1. The molecule has 0 bridgehead atoms. The van der Waals surface area contributed by atoms with Crippen LogP contribution in [0.25, 0.3) is 0 Å². The van der Waals surface area contributed by atoms with Crippen LogP contribution in [0.4, 0.5) is 0 Å². The minimum Gasteiger partial charge on any atom is -0.497 e. The Bertz CT molecular complexity index is 383. The van der Waals surface area contributed by atoms with Crippen LogP contribution in [-0.2, 0) is 4.74 Å². The molecule has 2 unspecified atom stereocenters. The molecular formula is C15H22O3. The fraction of sp³-hybridized carbons (Fsp3) is 0.600. The zero-order valence-electron chi connectivity index (χ0n) is 11.2. The Morgan fingerprint density at radius 2 is 2.33 bits per heavy atom. The quantitative estimate of drug-likeness (QED) is 0.873. The first-order chi connectivity index (χ1) is 8.70. The van der Waals surface area contributed by atoms with Crippen molar-refractivity contribution in [2.24, 2.45) is 0 Å². The van der Waals surface area contributed by atoms with Gasteiger partial charge in [0.05, 0.1) is 19.3 Å². The van der Waals surface area contributed by atoms with Gasteiger partial charge in [-0.15, -0.1) is 0 Å². The summed E-state index contributed by atoms with van der Waals surface area (Å²) in [7, 11) is 1.66. The van der Waals surface area contributed by atoms with Gasteiger partial charge in [-0.05, 0) is 55.9 Å². The molecule has 0 saturated carbocycles. The third-order valence-corrected chi connectivity index (χ3v) is 3.62. The summed E-state index contributed by atoms with van der Waals surface area (Å²) in [5.74, 6) is 0.836. The fourth-order valence-electron chi connectivity index (χ4n) is 2.52. The van der Waals surface area contributed by atoms with Crippen LogP contribution in [0.15, 0.2) is 18.2 Å². The van der Waals surface area contributed by atoms with E-state index in [1.165, 1.54) is 0 Å². The lowest BCUT2D eigenvalue weighted by molar-refractivity contribution is 0.0811. The maximum absolute atomic E-state index is 10.2. The van der Waals surface area contributed by atoms with E-state index >= 15 is 0 Å². The van der Waals surface area contributed by atoms with Crippen LogP contribution in [0.3, 0.4) is 0 Å². The van der Waals surface area contributed by atoms with Gasteiger partial charge in [0.15, 0.2) is 0 Å². The van der Waals surface area contributed by atoms with Crippen LogP contribution in [0.5, 0.6) is 5.75 Å².